The smallest absolute Gasteiger partial charge is 0.206 e. The summed E-state index contributed by atoms with van der Waals surface area (Å²) < 4.78 is 47.0. The van der Waals surface area contributed by atoms with Crippen LogP contribution in [0.3, 0.4) is 0 Å². The molecule has 0 amide bonds. The lowest BCUT2D eigenvalue weighted by atomic mass is 10.1. The van der Waals surface area contributed by atoms with Crippen molar-refractivity contribution in [1.29, 1.82) is 0 Å². The Morgan fingerprint density at radius 3 is 1.53 bits per heavy atom. The molecule has 0 aromatic heterocycles. The fraction of sp³-hybridized carbons (Fsp3) is 0.400. The van der Waals surface area contributed by atoms with Gasteiger partial charge >= 0.3 is 0 Å². The van der Waals surface area contributed by atoms with Crippen LogP contribution in [0.2, 0.25) is 0 Å². The van der Waals surface area contributed by atoms with E-state index in [4.69, 9.17) is 0 Å². The number of aryl methyl sites for hydroxylation is 2. The Hall–Kier alpha value is -1.08. The topological polar surface area (TPSA) is 71.5 Å². The Morgan fingerprint density at radius 2 is 1.24 bits per heavy atom. The summed E-state index contributed by atoms with van der Waals surface area (Å²) >= 11 is 0. The first-order chi connectivity index (χ1) is 7.55. The first kappa shape index (κ1) is 14.0. The molecule has 0 saturated heterocycles. The lowest BCUT2D eigenvalue weighted by Gasteiger charge is -2.23. The number of nitrogens with zero attached hydrogens (tertiary/aromatic N) is 1. The monoisotopic (exact) mass is 277 g/mol. The number of benzene rings is 1. The number of rotatable bonds is 3. The zero-order valence-corrected chi connectivity index (χ0v) is 11.8. The summed E-state index contributed by atoms with van der Waals surface area (Å²) in [5.41, 5.74) is 1.40. The van der Waals surface area contributed by atoms with Gasteiger partial charge in [-0.2, -0.15) is 3.71 Å². The summed E-state index contributed by atoms with van der Waals surface area (Å²) in [4.78, 5) is 0. The molecule has 0 radical (unpaired) electrons. The van der Waals surface area contributed by atoms with Crippen molar-refractivity contribution in [1.82, 2.24) is 0 Å². The Balaban J connectivity index is 3.68. The number of sulfonamides is 2. The second-order valence-corrected chi connectivity index (χ2v) is 7.86. The first-order valence-electron chi connectivity index (χ1n) is 4.82. The fourth-order valence-electron chi connectivity index (χ4n) is 1.67. The summed E-state index contributed by atoms with van der Waals surface area (Å²) in [6, 6.07) is 5.09. The fourth-order valence-corrected chi connectivity index (χ4v) is 4.88. The minimum atomic E-state index is -3.88. The molecule has 0 aliphatic carbocycles. The minimum absolute atomic E-state index is 0.206. The molecule has 0 bridgehead atoms. The molecule has 5 nitrogen and oxygen atoms in total. The van der Waals surface area contributed by atoms with Gasteiger partial charge in [0.2, 0.25) is 20.0 Å². The minimum Gasteiger partial charge on any atom is -0.206 e. The van der Waals surface area contributed by atoms with Crippen molar-refractivity contribution in [3.63, 3.8) is 0 Å². The third kappa shape index (κ3) is 2.98. The van der Waals surface area contributed by atoms with Crippen LogP contribution in [0.4, 0.5) is 5.69 Å². The molecule has 96 valence electrons. The molecule has 0 aliphatic heterocycles. The zero-order valence-electron chi connectivity index (χ0n) is 10.1. The number of anilines is 1. The first-order valence-corrected chi connectivity index (χ1v) is 8.51. The predicted molar refractivity (Wildman–Crippen MR) is 68.1 cm³/mol. The van der Waals surface area contributed by atoms with Gasteiger partial charge < -0.3 is 0 Å². The van der Waals surface area contributed by atoms with E-state index in [0.717, 1.165) is 12.5 Å². The Morgan fingerprint density at radius 1 is 0.882 bits per heavy atom. The lowest BCUT2D eigenvalue weighted by Crippen LogP contribution is -2.36. The van der Waals surface area contributed by atoms with Crippen LogP contribution in [-0.2, 0) is 20.0 Å². The summed E-state index contributed by atoms with van der Waals surface area (Å²) in [6.45, 7) is 3.34. The molecule has 0 saturated carbocycles. The van der Waals surface area contributed by atoms with Gasteiger partial charge in [-0.15, -0.1) is 0 Å². The molecule has 0 unspecified atom stereocenters. The highest BCUT2D eigenvalue weighted by molar-refractivity contribution is 8.09. The normalized spacial score (nSPS) is 12.5. The van der Waals surface area contributed by atoms with E-state index in [-0.39, 0.29) is 5.69 Å². The molecular weight excluding hydrogens is 262 g/mol. The zero-order chi connectivity index (χ0) is 13.4. The van der Waals surface area contributed by atoms with Crippen molar-refractivity contribution in [2.75, 3.05) is 16.2 Å². The number of hydrogen-bond acceptors (Lipinski definition) is 4. The highest BCUT2D eigenvalue weighted by atomic mass is 32.3. The maximum absolute atomic E-state index is 11.6. The van der Waals surface area contributed by atoms with Gasteiger partial charge in [-0.1, -0.05) is 18.2 Å². The van der Waals surface area contributed by atoms with Crippen molar-refractivity contribution in [3.8, 4) is 0 Å². The van der Waals surface area contributed by atoms with E-state index >= 15 is 0 Å². The lowest BCUT2D eigenvalue weighted by molar-refractivity contribution is 0.590. The van der Waals surface area contributed by atoms with Crippen LogP contribution < -0.4 is 3.71 Å². The molecule has 0 aliphatic rings. The summed E-state index contributed by atoms with van der Waals surface area (Å²) in [5.74, 6) is 0. The Bertz CT molecular complexity index is 580. The van der Waals surface area contributed by atoms with Gasteiger partial charge in [0.05, 0.1) is 18.2 Å². The van der Waals surface area contributed by atoms with Gasteiger partial charge in [-0.3, -0.25) is 0 Å². The van der Waals surface area contributed by atoms with Crippen molar-refractivity contribution in [2.45, 2.75) is 13.8 Å². The molecule has 0 fully saturated rings. The molecule has 0 spiro atoms. The van der Waals surface area contributed by atoms with Crippen LogP contribution in [-0.4, -0.2) is 29.3 Å². The standard InChI is InChI=1S/C10H15NO4S2/c1-8-6-5-7-9(2)10(8)11(16(3,12)13)17(4,14)15/h5-7H,1-4H3. The molecule has 7 heteroatoms. The third-order valence-electron chi connectivity index (χ3n) is 2.22. The van der Waals surface area contributed by atoms with Gasteiger partial charge in [-0.25, -0.2) is 16.8 Å². The van der Waals surface area contributed by atoms with Crippen molar-refractivity contribution in [3.05, 3.63) is 29.3 Å². The van der Waals surface area contributed by atoms with Crippen molar-refractivity contribution >= 4 is 25.7 Å². The Kier molecular flexibility index (Phi) is 3.54. The molecule has 17 heavy (non-hydrogen) atoms. The highest BCUT2D eigenvalue weighted by Gasteiger charge is 2.29. The van der Waals surface area contributed by atoms with E-state index in [2.05, 4.69) is 0 Å². The molecular formula is C10H15NO4S2. The molecule has 0 atom stereocenters. The van der Waals surface area contributed by atoms with Gasteiger partial charge in [0.15, 0.2) is 0 Å². The van der Waals surface area contributed by atoms with Crippen LogP contribution in [0, 0.1) is 13.8 Å². The summed E-state index contributed by atoms with van der Waals surface area (Å²) in [5, 5.41) is 0. The maximum atomic E-state index is 11.6. The summed E-state index contributed by atoms with van der Waals surface area (Å²) in [7, 11) is -7.75. The third-order valence-corrected chi connectivity index (χ3v) is 5.42. The van der Waals surface area contributed by atoms with Crippen LogP contribution in [0.5, 0.6) is 0 Å². The largest absolute Gasteiger partial charge is 0.245 e. The number of hydrogen-bond donors (Lipinski definition) is 0. The van der Waals surface area contributed by atoms with E-state index in [0.29, 0.717) is 14.8 Å². The molecule has 0 N–H and O–H groups in total. The molecule has 1 aromatic rings. The average molecular weight is 277 g/mol. The second-order valence-electron chi connectivity index (χ2n) is 3.96. The average Bonchev–Trinajstić information content (AvgIpc) is 2.06. The van der Waals surface area contributed by atoms with Crippen molar-refractivity contribution in [2.24, 2.45) is 0 Å². The van der Waals surface area contributed by atoms with Crippen LogP contribution in [0.1, 0.15) is 11.1 Å². The maximum Gasteiger partial charge on any atom is 0.245 e. The molecule has 1 rings (SSSR count). The van der Waals surface area contributed by atoms with E-state index in [1.54, 1.807) is 32.0 Å². The quantitative estimate of drug-likeness (QED) is 0.827. The summed E-state index contributed by atoms with van der Waals surface area (Å²) in [6.07, 6.45) is 1.75. The second kappa shape index (κ2) is 4.30. The van der Waals surface area contributed by atoms with Crippen LogP contribution in [0.25, 0.3) is 0 Å². The highest BCUT2D eigenvalue weighted by Crippen LogP contribution is 2.28. The molecule has 1 aromatic carbocycles. The van der Waals surface area contributed by atoms with Gasteiger partial charge in [0.25, 0.3) is 0 Å². The SMILES string of the molecule is Cc1cccc(C)c1N(S(C)(=O)=O)S(C)(=O)=O. The van der Waals surface area contributed by atoms with E-state index in [1.807, 2.05) is 0 Å². The van der Waals surface area contributed by atoms with E-state index in [1.165, 1.54) is 0 Å². The van der Waals surface area contributed by atoms with E-state index < -0.39 is 20.0 Å². The van der Waals surface area contributed by atoms with E-state index in [9.17, 15) is 16.8 Å². The van der Waals surface area contributed by atoms with Crippen LogP contribution in [0.15, 0.2) is 18.2 Å². The predicted octanol–water partition coefficient (Wildman–Crippen LogP) is 1.03. The van der Waals surface area contributed by atoms with Crippen molar-refractivity contribution < 1.29 is 16.8 Å². The van der Waals surface area contributed by atoms with Gasteiger partial charge in [0, 0.05) is 0 Å². The van der Waals surface area contributed by atoms with Crippen LogP contribution >= 0.6 is 0 Å². The van der Waals surface area contributed by atoms with Gasteiger partial charge in [0.1, 0.15) is 0 Å². The molecule has 0 heterocycles. The Labute approximate surface area is 102 Å². The van der Waals surface area contributed by atoms with Gasteiger partial charge in [-0.05, 0) is 25.0 Å². The number of para-hydroxylation sites is 1.